The highest BCUT2D eigenvalue weighted by atomic mass is 16.7. The first-order valence-electron chi connectivity index (χ1n) is 7.89. The second-order valence-corrected chi connectivity index (χ2v) is 5.80. The van der Waals surface area contributed by atoms with E-state index in [0.717, 1.165) is 11.1 Å². The molecular formula is C19H16N2O4. The predicted molar refractivity (Wildman–Crippen MR) is 90.4 cm³/mol. The van der Waals surface area contributed by atoms with Crippen molar-refractivity contribution in [2.24, 2.45) is 0 Å². The number of fused-ring (bicyclic) bond motifs is 1. The van der Waals surface area contributed by atoms with Crippen LogP contribution in [-0.4, -0.2) is 17.9 Å². The van der Waals surface area contributed by atoms with Crippen LogP contribution in [0.4, 0.5) is 0 Å². The minimum absolute atomic E-state index is 0.142. The fourth-order valence-electron chi connectivity index (χ4n) is 2.64. The van der Waals surface area contributed by atoms with Crippen molar-refractivity contribution in [1.29, 1.82) is 0 Å². The Morgan fingerprint density at radius 2 is 2.00 bits per heavy atom. The van der Waals surface area contributed by atoms with Crippen LogP contribution in [-0.2, 0) is 6.54 Å². The lowest BCUT2D eigenvalue weighted by Crippen LogP contribution is -2.22. The molecule has 1 aromatic heterocycles. The van der Waals surface area contributed by atoms with Crippen molar-refractivity contribution >= 4 is 5.91 Å². The lowest BCUT2D eigenvalue weighted by Gasteiger charge is -2.03. The largest absolute Gasteiger partial charge is 0.454 e. The molecule has 1 aliphatic rings. The maximum absolute atomic E-state index is 12.2. The Morgan fingerprint density at radius 3 is 2.88 bits per heavy atom. The molecule has 1 aliphatic heterocycles. The van der Waals surface area contributed by atoms with Crippen molar-refractivity contribution in [3.63, 3.8) is 0 Å². The second-order valence-electron chi connectivity index (χ2n) is 5.80. The summed E-state index contributed by atoms with van der Waals surface area (Å²) in [5.41, 5.74) is 3.15. The van der Waals surface area contributed by atoms with Crippen molar-refractivity contribution < 1.29 is 18.8 Å². The first kappa shape index (κ1) is 15.3. The van der Waals surface area contributed by atoms with Crippen LogP contribution in [0.5, 0.6) is 11.5 Å². The van der Waals surface area contributed by atoms with Gasteiger partial charge in [-0.2, -0.15) is 0 Å². The molecule has 0 radical (unpaired) electrons. The molecule has 4 rings (SSSR count). The molecule has 25 heavy (non-hydrogen) atoms. The fourth-order valence-corrected chi connectivity index (χ4v) is 2.64. The van der Waals surface area contributed by atoms with Crippen molar-refractivity contribution in [1.82, 2.24) is 10.5 Å². The molecule has 1 amide bonds. The maximum Gasteiger partial charge on any atom is 0.251 e. The Kier molecular flexibility index (Phi) is 3.85. The van der Waals surface area contributed by atoms with Crippen molar-refractivity contribution in [2.45, 2.75) is 13.5 Å². The van der Waals surface area contributed by atoms with E-state index in [9.17, 15) is 4.79 Å². The lowest BCUT2D eigenvalue weighted by atomic mass is 10.1. The second kappa shape index (κ2) is 6.32. The number of benzene rings is 2. The Labute approximate surface area is 144 Å². The third kappa shape index (κ3) is 3.19. The van der Waals surface area contributed by atoms with Gasteiger partial charge in [0.25, 0.3) is 5.91 Å². The maximum atomic E-state index is 12.2. The summed E-state index contributed by atoms with van der Waals surface area (Å²) < 4.78 is 16.0. The van der Waals surface area contributed by atoms with Gasteiger partial charge in [0.05, 0.1) is 6.54 Å². The third-order valence-corrected chi connectivity index (χ3v) is 3.93. The zero-order chi connectivity index (χ0) is 17.2. The molecule has 1 N–H and O–H groups in total. The molecule has 6 heteroatoms. The van der Waals surface area contributed by atoms with E-state index >= 15 is 0 Å². The molecule has 0 unspecified atom stereocenters. The predicted octanol–water partition coefficient (Wildman–Crippen LogP) is 3.31. The number of aryl methyl sites for hydroxylation is 1. The molecule has 2 heterocycles. The van der Waals surface area contributed by atoms with E-state index in [1.807, 2.05) is 43.3 Å². The number of amides is 1. The minimum atomic E-state index is -0.142. The van der Waals surface area contributed by atoms with Gasteiger partial charge in [0.2, 0.25) is 6.79 Å². The van der Waals surface area contributed by atoms with Crippen LogP contribution < -0.4 is 14.8 Å². The highest BCUT2D eigenvalue weighted by Crippen LogP contribution is 2.35. The highest BCUT2D eigenvalue weighted by Gasteiger charge is 2.16. The van der Waals surface area contributed by atoms with Gasteiger partial charge < -0.3 is 19.3 Å². The van der Waals surface area contributed by atoms with E-state index < -0.39 is 0 Å². The summed E-state index contributed by atoms with van der Waals surface area (Å²) in [5.74, 6) is 1.87. The summed E-state index contributed by atoms with van der Waals surface area (Å²) in [5, 5.41) is 6.85. The summed E-state index contributed by atoms with van der Waals surface area (Å²) in [4.78, 5) is 12.2. The summed E-state index contributed by atoms with van der Waals surface area (Å²) in [7, 11) is 0. The standard InChI is InChI=1S/C19H16N2O4/c1-12-3-2-4-14(7-12)19(22)20-10-15-9-17(25-21-15)13-5-6-16-18(8-13)24-11-23-16/h2-9H,10-11H2,1H3,(H,20,22). The van der Waals surface area contributed by atoms with Crippen molar-refractivity contribution in [3.8, 4) is 22.8 Å². The summed E-state index contributed by atoms with van der Waals surface area (Å²) in [6.07, 6.45) is 0. The number of rotatable bonds is 4. The Morgan fingerprint density at radius 1 is 1.12 bits per heavy atom. The normalized spacial score (nSPS) is 12.2. The first-order valence-corrected chi connectivity index (χ1v) is 7.89. The molecule has 0 atom stereocenters. The molecule has 3 aromatic rings. The van der Waals surface area contributed by atoms with Gasteiger partial charge in [-0.3, -0.25) is 4.79 Å². The minimum Gasteiger partial charge on any atom is -0.454 e. The summed E-state index contributed by atoms with van der Waals surface area (Å²) >= 11 is 0. The topological polar surface area (TPSA) is 73.6 Å². The summed E-state index contributed by atoms with van der Waals surface area (Å²) in [6.45, 7) is 2.47. The summed E-state index contributed by atoms with van der Waals surface area (Å²) in [6, 6.07) is 14.8. The fraction of sp³-hybridized carbons (Fsp3) is 0.158. The van der Waals surface area contributed by atoms with Gasteiger partial charge in [0.1, 0.15) is 5.69 Å². The molecule has 0 saturated carbocycles. The molecular weight excluding hydrogens is 320 g/mol. The lowest BCUT2D eigenvalue weighted by molar-refractivity contribution is 0.0950. The van der Waals surface area contributed by atoms with Crippen LogP contribution in [0.25, 0.3) is 11.3 Å². The van der Waals surface area contributed by atoms with E-state index in [4.69, 9.17) is 14.0 Å². The van der Waals surface area contributed by atoms with Gasteiger partial charge in [0.15, 0.2) is 17.3 Å². The monoisotopic (exact) mass is 336 g/mol. The number of nitrogens with one attached hydrogen (secondary N) is 1. The average molecular weight is 336 g/mol. The van der Waals surface area contributed by atoms with E-state index in [1.165, 1.54) is 0 Å². The molecule has 0 aliphatic carbocycles. The van der Waals surface area contributed by atoms with Gasteiger partial charge in [0, 0.05) is 17.2 Å². The molecule has 2 aromatic carbocycles. The van der Waals surface area contributed by atoms with E-state index in [-0.39, 0.29) is 12.7 Å². The van der Waals surface area contributed by atoms with Gasteiger partial charge >= 0.3 is 0 Å². The van der Waals surface area contributed by atoms with E-state index in [0.29, 0.717) is 35.1 Å². The van der Waals surface area contributed by atoms with Gasteiger partial charge in [-0.25, -0.2) is 0 Å². The van der Waals surface area contributed by atoms with E-state index in [1.54, 1.807) is 12.1 Å². The Balaban J connectivity index is 1.44. The molecule has 0 spiro atoms. The zero-order valence-electron chi connectivity index (χ0n) is 13.6. The number of carbonyl (C=O) groups is 1. The SMILES string of the molecule is Cc1cccc(C(=O)NCc2cc(-c3ccc4c(c3)OCO4)on2)c1. The zero-order valence-corrected chi connectivity index (χ0v) is 13.6. The Hall–Kier alpha value is -3.28. The number of ether oxygens (including phenoxy) is 2. The average Bonchev–Trinajstić information content (AvgIpc) is 3.28. The molecule has 0 bridgehead atoms. The first-order chi connectivity index (χ1) is 12.2. The molecule has 0 fully saturated rings. The van der Waals surface area contributed by atoms with Crippen LogP contribution in [0.3, 0.4) is 0 Å². The van der Waals surface area contributed by atoms with Crippen LogP contribution in [0.15, 0.2) is 53.1 Å². The van der Waals surface area contributed by atoms with Crippen LogP contribution >= 0.6 is 0 Å². The van der Waals surface area contributed by atoms with Crippen molar-refractivity contribution in [2.75, 3.05) is 6.79 Å². The quantitative estimate of drug-likeness (QED) is 0.791. The molecule has 126 valence electrons. The number of hydrogen-bond donors (Lipinski definition) is 1. The van der Waals surface area contributed by atoms with Gasteiger partial charge in [-0.05, 0) is 37.3 Å². The van der Waals surface area contributed by atoms with Crippen LogP contribution in [0.2, 0.25) is 0 Å². The number of aromatic nitrogens is 1. The number of carbonyl (C=O) groups excluding carboxylic acids is 1. The third-order valence-electron chi connectivity index (χ3n) is 3.93. The van der Waals surface area contributed by atoms with Gasteiger partial charge in [-0.1, -0.05) is 22.9 Å². The highest BCUT2D eigenvalue weighted by molar-refractivity contribution is 5.94. The van der Waals surface area contributed by atoms with Crippen molar-refractivity contribution in [3.05, 3.63) is 65.4 Å². The molecule has 6 nitrogen and oxygen atoms in total. The molecule has 0 saturated heterocycles. The Bertz CT molecular complexity index is 933. The number of nitrogens with zero attached hydrogens (tertiary/aromatic N) is 1. The smallest absolute Gasteiger partial charge is 0.251 e. The van der Waals surface area contributed by atoms with Crippen LogP contribution in [0.1, 0.15) is 21.6 Å². The van der Waals surface area contributed by atoms with E-state index in [2.05, 4.69) is 10.5 Å². The van der Waals surface area contributed by atoms with Gasteiger partial charge in [-0.15, -0.1) is 0 Å². The number of hydrogen-bond acceptors (Lipinski definition) is 5. The van der Waals surface area contributed by atoms with Crippen LogP contribution in [0, 0.1) is 6.92 Å².